The second kappa shape index (κ2) is 5.22. The summed E-state index contributed by atoms with van der Waals surface area (Å²) in [6.45, 7) is 0.192. The average Bonchev–Trinajstić information content (AvgIpc) is 2.84. The summed E-state index contributed by atoms with van der Waals surface area (Å²) >= 11 is 0.978. The van der Waals surface area contributed by atoms with E-state index in [1.165, 1.54) is 4.68 Å². The zero-order chi connectivity index (χ0) is 13.2. The van der Waals surface area contributed by atoms with Gasteiger partial charge in [-0.1, -0.05) is 11.8 Å². The van der Waals surface area contributed by atoms with Gasteiger partial charge in [0.15, 0.2) is 9.84 Å². The molecule has 0 spiro atoms. The van der Waals surface area contributed by atoms with Gasteiger partial charge in [-0.15, -0.1) is 5.10 Å². The fourth-order valence-corrected chi connectivity index (χ4v) is 4.20. The lowest BCUT2D eigenvalue weighted by Crippen LogP contribution is -2.23. The van der Waals surface area contributed by atoms with Crippen molar-refractivity contribution < 1.29 is 18.3 Å². The number of carboxylic acid groups (broad SMARTS) is 1. The van der Waals surface area contributed by atoms with Crippen LogP contribution in [0, 0.1) is 0 Å². The molecule has 1 atom stereocenters. The van der Waals surface area contributed by atoms with Crippen LogP contribution in [0.3, 0.4) is 0 Å². The summed E-state index contributed by atoms with van der Waals surface area (Å²) < 4.78 is 24.7. The van der Waals surface area contributed by atoms with Gasteiger partial charge in [0.2, 0.25) is 5.16 Å². The Morgan fingerprint density at radius 3 is 2.94 bits per heavy atom. The first-order valence-electron chi connectivity index (χ1n) is 5.31. The van der Waals surface area contributed by atoms with E-state index in [1.54, 1.807) is 0 Å². The molecule has 100 valence electrons. The minimum atomic E-state index is -3.05. The molecule has 2 rings (SSSR count). The van der Waals surface area contributed by atoms with Gasteiger partial charge in [-0.3, -0.25) is 4.79 Å². The second-order valence-electron chi connectivity index (χ2n) is 3.96. The molecule has 0 saturated carbocycles. The molecule has 1 aromatic heterocycles. The number of rotatable bonds is 5. The lowest BCUT2D eigenvalue weighted by molar-refractivity contribution is -0.133. The van der Waals surface area contributed by atoms with Crippen LogP contribution in [-0.4, -0.2) is 56.5 Å². The number of hydrogen-bond donors (Lipinski definition) is 1. The zero-order valence-corrected chi connectivity index (χ0v) is 11.0. The molecule has 0 aliphatic carbocycles. The Morgan fingerprint density at radius 2 is 2.33 bits per heavy atom. The fourth-order valence-electron chi connectivity index (χ4n) is 1.80. The predicted molar refractivity (Wildman–Crippen MR) is 63.0 cm³/mol. The molecule has 0 radical (unpaired) electrons. The van der Waals surface area contributed by atoms with Crippen LogP contribution in [0.15, 0.2) is 5.16 Å². The number of carboxylic acids is 1. The predicted octanol–water partition coefficient (Wildman–Crippen LogP) is -0.573. The van der Waals surface area contributed by atoms with Crippen LogP contribution in [0.25, 0.3) is 0 Å². The van der Waals surface area contributed by atoms with Gasteiger partial charge in [0, 0.05) is 0 Å². The second-order valence-corrected chi connectivity index (χ2v) is 7.30. The quantitative estimate of drug-likeness (QED) is 0.717. The van der Waals surface area contributed by atoms with Crippen LogP contribution in [-0.2, 0) is 21.2 Å². The van der Waals surface area contributed by atoms with Crippen LogP contribution in [0.5, 0.6) is 0 Å². The van der Waals surface area contributed by atoms with Crippen molar-refractivity contribution in [3.05, 3.63) is 0 Å². The highest BCUT2D eigenvalue weighted by Gasteiger charge is 2.32. The van der Waals surface area contributed by atoms with Gasteiger partial charge in [-0.25, -0.2) is 13.1 Å². The molecule has 0 amide bonds. The lowest BCUT2D eigenvalue weighted by Gasteiger charge is -2.09. The first kappa shape index (κ1) is 13.3. The molecule has 8 nitrogen and oxygen atoms in total. The third-order valence-corrected chi connectivity index (χ3v) is 5.86. The van der Waals surface area contributed by atoms with Crippen molar-refractivity contribution in [3.8, 4) is 0 Å². The molecule has 0 aromatic carbocycles. The van der Waals surface area contributed by atoms with Gasteiger partial charge in [-0.2, -0.15) is 0 Å². The van der Waals surface area contributed by atoms with Crippen LogP contribution in [0.1, 0.15) is 12.8 Å². The van der Waals surface area contributed by atoms with Crippen molar-refractivity contribution in [1.29, 1.82) is 0 Å². The minimum Gasteiger partial charge on any atom is -0.481 e. The highest BCUT2D eigenvalue weighted by atomic mass is 32.2. The molecular weight excluding hydrogens is 280 g/mol. The molecule has 10 heteroatoms. The Kier molecular flexibility index (Phi) is 3.85. The van der Waals surface area contributed by atoms with E-state index in [0.717, 1.165) is 11.8 Å². The molecule has 1 saturated heterocycles. The Labute approximate surface area is 108 Å². The Hall–Kier alpha value is -1.16. The van der Waals surface area contributed by atoms with Crippen LogP contribution >= 0.6 is 11.8 Å². The van der Waals surface area contributed by atoms with Crippen molar-refractivity contribution in [1.82, 2.24) is 20.2 Å². The number of aromatic nitrogens is 4. The molecule has 18 heavy (non-hydrogen) atoms. The van der Waals surface area contributed by atoms with E-state index in [0.29, 0.717) is 18.0 Å². The number of hydrogen-bond acceptors (Lipinski definition) is 7. The molecule has 1 fully saturated rings. The normalized spacial score (nSPS) is 22.1. The van der Waals surface area contributed by atoms with Crippen LogP contribution in [0.4, 0.5) is 0 Å². The summed E-state index contributed by atoms with van der Waals surface area (Å²) in [4.78, 5) is 10.5. The lowest BCUT2D eigenvalue weighted by atomic mass is 10.2. The largest absolute Gasteiger partial charge is 0.481 e. The Bertz CT molecular complexity index is 541. The van der Waals surface area contributed by atoms with Gasteiger partial charge < -0.3 is 5.11 Å². The van der Waals surface area contributed by atoms with Crippen molar-refractivity contribution >= 4 is 27.6 Å². The van der Waals surface area contributed by atoms with Gasteiger partial charge >= 0.3 is 5.97 Å². The van der Waals surface area contributed by atoms with E-state index in [4.69, 9.17) is 5.11 Å². The van der Waals surface area contributed by atoms with Crippen LogP contribution in [0.2, 0.25) is 0 Å². The SMILES string of the molecule is O=C(O)CSc1nnnn1CC1CCCS1(=O)=O. The molecule has 1 aliphatic rings. The molecule has 1 N–H and O–H groups in total. The maximum Gasteiger partial charge on any atom is 0.313 e. The van der Waals surface area contributed by atoms with E-state index in [9.17, 15) is 13.2 Å². The minimum absolute atomic E-state index is 0.155. The third-order valence-electron chi connectivity index (χ3n) is 2.66. The van der Waals surface area contributed by atoms with E-state index in [2.05, 4.69) is 15.5 Å². The van der Waals surface area contributed by atoms with Crippen molar-refractivity contribution in [3.63, 3.8) is 0 Å². The van der Waals surface area contributed by atoms with Gasteiger partial charge in [0.25, 0.3) is 0 Å². The molecular formula is C8H12N4O4S2. The maximum atomic E-state index is 11.7. The molecule has 1 aliphatic heterocycles. The van der Waals surface area contributed by atoms with Crippen molar-refractivity contribution in [2.24, 2.45) is 0 Å². The van der Waals surface area contributed by atoms with E-state index in [1.807, 2.05) is 0 Å². The topological polar surface area (TPSA) is 115 Å². The number of nitrogens with zero attached hydrogens (tertiary/aromatic N) is 4. The molecule has 1 aromatic rings. The van der Waals surface area contributed by atoms with Crippen molar-refractivity contribution in [2.45, 2.75) is 29.8 Å². The molecule has 0 bridgehead atoms. The summed E-state index contributed by atoms with van der Waals surface area (Å²) in [6, 6.07) is 0. The smallest absolute Gasteiger partial charge is 0.313 e. The van der Waals surface area contributed by atoms with E-state index in [-0.39, 0.29) is 18.1 Å². The highest BCUT2D eigenvalue weighted by molar-refractivity contribution is 7.99. The summed E-state index contributed by atoms with van der Waals surface area (Å²) in [6.07, 6.45) is 1.26. The number of carbonyl (C=O) groups is 1. The van der Waals surface area contributed by atoms with E-state index < -0.39 is 21.1 Å². The van der Waals surface area contributed by atoms with Gasteiger partial charge in [0.1, 0.15) is 0 Å². The standard InChI is InChI=1S/C8H12N4O4S2/c13-7(14)5-17-8-9-10-11-12(8)4-6-2-1-3-18(6,15)16/h6H,1-5H2,(H,13,14). The summed E-state index contributed by atoms with van der Waals surface area (Å²) in [5.41, 5.74) is 0. The number of sulfone groups is 1. The fraction of sp³-hybridized carbons (Fsp3) is 0.750. The van der Waals surface area contributed by atoms with Crippen LogP contribution < -0.4 is 0 Å². The summed E-state index contributed by atoms with van der Waals surface area (Å²) in [5, 5.41) is 19.3. The number of aliphatic carboxylic acids is 1. The number of tetrazole rings is 1. The van der Waals surface area contributed by atoms with Gasteiger partial charge in [-0.05, 0) is 23.3 Å². The number of thioether (sulfide) groups is 1. The summed E-state index contributed by atoms with van der Waals surface area (Å²) in [5.74, 6) is -0.919. The Balaban J connectivity index is 2.06. The Morgan fingerprint density at radius 1 is 1.56 bits per heavy atom. The molecule has 1 unspecified atom stereocenters. The van der Waals surface area contributed by atoms with Gasteiger partial charge in [0.05, 0.1) is 23.3 Å². The maximum absolute atomic E-state index is 11.7. The first-order chi connectivity index (χ1) is 8.49. The highest BCUT2D eigenvalue weighted by Crippen LogP contribution is 2.23. The average molecular weight is 292 g/mol. The third kappa shape index (κ3) is 2.99. The monoisotopic (exact) mass is 292 g/mol. The first-order valence-corrected chi connectivity index (χ1v) is 8.01. The molecule has 2 heterocycles. The zero-order valence-electron chi connectivity index (χ0n) is 9.39. The van der Waals surface area contributed by atoms with E-state index >= 15 is 0 Å². The van der Waals surface area contributed by atoms with Crippen molar-refractivity contribution in [2.75, 3.05) is 11.5 Å². The summed E-state index contributed by atoms with van der Waals surface area (Å²) in [7, 11) is -3.05.